The predicted molar refractivity (Wildman–Crippen MR) is 97.8 cm³/mol. The lowest BCUT2D eigenvalue weighted by molar-refractivity contribution is 0.00781. The molecule has 1 aromatic carbocycles. The fourth-order valence-corrected chi connectivity index (χ4v) is 4.41. The van der Waals surface area contributed by atoms with E-state index in [9.17, 15) is 4.39 Å². The molecule has 5 rings (SSSR count). The van der Waals surface area contributed by atoms with E-state index in [0.717, 1.165) is 55.4 Å². The molecule has 26 heavy (non-hydrogen) atoms. The van der Waals surface area contributed by atoms with Gasteiger partial charge in [-0.3, -0.25) is 4.90 Å². The van der Waals surface area contributed by atoms with Gasteiger partial charge in [0.05, 0.1) is 5.56 Å². The van der Waals surface area contributed by atoms with Crippen molar-refractivity contribution >= 4 is 11.0 Å². The van der Waals surface area contributed by atoms with Crippen LogP contribution in [0.25, 0.3) is 22.1 Å². The maximum Gasteiger partial charge on any atom is 0.286 e. The van der Waals surface area contributed by atoms with Crippen molar-refractivity contribution in [1.82, 2.24) is 9.88 Å². The van der Waals surface area contributed by atoms with Crippen LogP contribution in [-0.4, -0.2) is 35.1 Å². The topological polar surface area (TPSA) is 38.5 Å². The molecular formula is C21H21FN2O2. The Bertz CT molecular complexity index is 983. The summed E-state index contributed by atoms with van der Waals surface area (Å²) >= 11 is 0. The third-order valence-electron chi connectivity index (χ3n) is 5.66. The number of nitrogens with zero attached hydrogens (tertiary/aromatic N) is 2. The number of hydrogen-bond acceptors (Lipinski definition) is 4. The highest BCUT2D eigenvalue weighted by Crippen LogP contribution is 2.41. The first kappa shape index (κ1) is 15.8. The summed E-state index contributed by atoms with van der Waals surface area (Å²) in [5, 5.41) is 0.773. The van der Waals surface area contributed by atoms with Gasteiger partial charge in [0.25, 0.3) is 6.01 Å². The maximum atomic E-state index is 14.5. The molecule has 4 nitrogen and oxygen atoms in total. The SMILES string of the molecule is CCN1CCC[C@]2(Cc3cc(-c4c(F)oc5ccccc45)cnc3O2)C1. The van der Waals surface area contributed by atoms with Crippen molar-refractivity contribution in [3.63, 3.8) is 0 Å². The zero-order chi connectivity index (χ0) is 17.7. The Morgan fingerprint density at radius 2 is 2.19 bits per heavy atom. The van der Waals surface area contributed by atoms with Crippen molar-refractivity contribution in [3.05, 3.63) is 48.1 Å². The Balaban J connectivity index is 1.52. The lowest BCUT2D eigenvalue weighted by Crippen LogP contribution is -2.51. The molecule has 4 heterocycles. The number of likely N-dealkylation sites (tertiary alicyclic amines) is 1. The van der Waals surface area contributed by atoms with Gasteiger partial charge in [-0.25, -0.2) is 4.98 Å². The summed E-state index contributed by atoms with van der Waals surface area (Å²) in [6.07, 6.45) is 4.70. The van der Waals surface area contributed by atoms with E-state index in [4.69, 9.17) is 9.15 Å². The number of furan rings is 1. The fourth-order valence-electron chi connectivity index (χ4n) is 4.41. The lowest BCUT2D eigenvalue weighted by Gasteiger charge is -2.38. The van der Waals surface area contributed by atoms with Gasteiger partial charge in [-0.1, -0.05) is 25.1 Å². The van der Waals surface area contributed by atoms with Gasteiger partial charge in [0, 0.05) is 35.7 Å². The summed E-state index contributed by atoms with van der Waals surface area (Å²) in [6.45, 7) is 5.28. The quantitative estimate of drug-likeness (QED) is 0.684. The molecule has 134 valence electrons. The Morgan fingerprint density at radius 3 is 3.08 bits per heavy atom. The van der Waals surface area contributed by atoms with Gasteiger partial charge in [0.2, 0.25) is 5.88 Å². The van der Waals surface area contributed by atoms with Crippen molar-refractivity contribution in [1.29, 1.82) is 0 Å². The minimum absolute atomic E-state index is 0.181. The highest BCUT2D eigenvalue weighted by molar-refractivity contribution is 5.94. The Labute approximate surface area is 151 Å². The molecule has 2 aliphatic rings. The monoisotopic (exact) mass is 352 g/mol. The van der Waals surface area contributed by atoms with Crippen molar-refractivity contribution in [2.45, 2.75) is 31.8 Å². The number of hydrogen-bond donors (Lipinski definition) is 0. The molecule has 1 fully saturated rings. The van der Waals surface area contributed by atoms with E-state index in [0.29, 0.717) is 17.0 Å². The molecule has 5 heteroatoms. The molecule has 0 aliphatic carbocycles. The van der Waals surface area contributed by atoms with Gasteiger partial charge in [0.1, 0.15) is 11.2 Å². The van der Waals surface area contributed by atoms with E-state index in [1.165, 1.54) is 0 Å². The Kier molecular flexibility index (Phi) is 3.54. The van der Waals surface area contributed by atoms with Crippen LogP contribution in [0.4, 0.5) is 4.39 Å². The molecule has 2 aromatic heterocycles. The van der Waals surface area contributed by atoms with E-state index in [1.54, 1.807) is 12.3 Å². The molecule has 1 atom stereocenters. The second-order valence-corrected chi connectivity index (χ2v) is 7.37. The zero-order valence-corrected chi connectivity index (χ0v) is 14.8. The number of fused-ring (bicyclic) bond motifs is 2. The highest BCUT2D eigenvalue weighted by atomic mass is 19.1. The van der Waals surface area contributed by atoms with Crippen LogP contribution in [0.1, 0.15) is 25.3 Å². The number of para-hydroxylation sites is 1. The number of aromatic nitrogens is 1. The van der Waals surface area contributed by atoms with Crippen LogP contribution in [0.2, 0.25) is 0 Å². The number of rotatable bonds is 2. The third kappa shape index (κ3) is 2.42. The van der Waals surface area contributed by atoms with Crippen LogP contribution in [0, 0.1) is 6.01 Å². The maximum absolute atomic E-state index is 14.5. The van der Waals surface area contributed by atoms with E-state index in [-0.39, 0.29) is 5.60 Å². The minimum atomic E-state index is -0.559. The van der Waals surface area contributed by atoms with E-state index in [1.807, 2.05) is 24.3 Å². The fraction of sp³-hybridized carbons (Fsp3) is 0.381. The third-order valence-corrected chi connectivity index (χ3v) is 5.66. The first-order chi connectivity index (χ1) is 12.7. The van der Waals surface area contributed by atoms with Gasteiger partial charge in [-0.05, 0) is 38.1 Å². The smallest absolute Gasteiger partial charge is 0.286 e. The van der Waals surface area contributed by atoms with Crippen LogP contribution < -0.4 is 4.74 Å². The van der Waals surface area contributed by atoms with Gasteiger partial charge < -0.3 is 9.15 Å². The largest absolute Gasteiger partial charge is 0.469 e. The summed E-state index contributed by atoms with van der Waals surface area (Å²) in [6, 6.07) is 8.85. The molecule has 0 unspecified atom stereocenters. The van der Waals surface area contributed by atoms with Gasteiger partial charge in [-0.2, -0.15) is 4.39 Å². The molecule has 0 radical (unpaired) electrons. The van der Waals surface area contributed by atoms with Gasteiger partial charge in [-0.15, -0.1) is 0 Å². The standard InChI is InChI=1S/C21H21FN2O2/c1-2-24-9-5-8-21(13-24)11-14-10-15(12-23-20(14)26-21)18-16-6-3-4-7-17(16)25-19(18)22/h3-4,6-7,10,12H,2,5,8-9,11,13H2,1H3/t21-/m0/s1. The average Bonchev–Trinajstić information content (AvgIpc) is 3.16. The Hall–Kier alpha value is -2.40. The van der Waals surface area contributed by atoms with Gasteiger partial charge in [0.15, 0.2) is 0 Å². The number of pyridine rings is 1. The first-order valence-electron chi connectivity index (χ1n) is 9.25. The van der Waals surface area contributed by atoms with Crippen LogP contribution >= 0.6 is 0 Å². The lowest BCUT2D eigenvalue weighted by atomic mass is 9.88. The normalized spacial score (nSPS) is 22.7. The number of halogens is 1. The zero-order valence-electron chi connectivity index (χ0n) is 14.8. The molecule has 0 saturated carbocycles. The molecule has 1 spiro atoms. The van der Waals surface area contributed by atoms with Crippen molar-refractivity contribution in [3.8, 4) is 17.0 Å². The first-order valence-corrected chi connectivity index (χ1v) is 9.25. The molecule has 0 bridgehead atoms. The summed E-state index contributed by atoms with van der Waals surface area (Å²) < 4.78 is 26.0. The van der Waals surface area contributed by atoms with Crippen molar-refractivity contribution in [2.24, 2.45) is 0 Å². The summed E-state index contributed by atoms with van der Waals surface area (Å²) in [5.74, 6) is 0.694. The van der Waals surface area contributed by atoms with Crippen molar-refractivity contribution < 1.29 is 13.5 Å². The summed E-state index contributed by atoms with van der Waals surface area (Å²) in [7, 11) is 0. The summed E-state index contributed by atoms with van der Waals surface area (Å²) in [4.78, 5) is 6.94. The predicted octanol–water partition coefficient (Wildman–Crippen LogP) is 4.42. The van der Waals surface area contributed by atoms with E-state index in [2.05, 4.69) is 16.8 Å². The summed E-state index contributed by atoms with van der Waals surface area (Å²) in [5.41, 5.74) is 2.66. The molecule has 0 amide bonds. The molecule has 1 saturated heterocycles. The van der Waals surface area contributed by atoms with Crippen LogP contribution in [0.3, 0.4) is 0 Å². The van der Waals surface area contributed by atoms with Crippen LogP contribution in [-0.2, 0) is 6.42 Å². The van der Waals surface area contributed by atoms with Crippen molar-refractivity contribution in [2.75, 3.05) is 19.6 Å². The van der Waals surface area contributed by atoms with Crippen LogP contribution in [0.15, 0.2) is 40.9 Å². The van der Waals surface area contributed by atoms with E-state index < -0.39 is 6.01 Å². The Morgan fingerprint density at radius 1 is 1.31 bits per heavy atom. The molecule has 2 aliphatic heterocycles. The molecule has 3 aromatic rings. The minimum Gasteiger partial charge on any atom is -0.469 e. The number of likely N-dealkylation sites (N-methyl/N-ethyl adjacent to an activating group) is 1. The number of ether oxygens (including phenoxy) is 1. The van der Waals surface area contributed by atoms with Crippen LogP contribution in [0.5, 0.6) is 5.88 Å². The number of benzene rings is 1. The molecular weight excluding hydrogens is 331 g/mol. The second kappa shape index (κ2) is 5.81. The second-order valence-electron chi connectivity index (χ2n) is 7.37. The molecule has 0 N–H and O–H groups in total. The number of piperidine rings is 1. The van der Waals surface area contributed by atoms with E-state index >= 15 is 0 Å². The average molecular weight is 352 g/mol. The highest BCUT2D eigenvalue weighted by Gasteiger charge is 2.43. The van der Waals surface area contributed by atoms with Gasteiger partial charge >= 0.3 is 0 Å².